The molecule has 7 atom stereocenters. The molecule has 6 aromatic carbocycles. The number of hydrogen-bond donors (Lipinski definition) is 0. The Morgan fingerprint density at radius 1 is 0.549 bits per heavy atom. The van der Waals surface area contributed by atoms with Crippen LogP contribution in [0.4, 0.5) is 34.1 Å². The molecule has 7 unspecified atom stereocenters. The largest absolute Gasteiger partial charge is 0.341 e. The molecule has 4 heterocycles. The van der Waals surface area contributed by atoms with E-state index in [0.717, 1.165) is 69.9 Å². The van der Waals surface area contributed by atoms with E-state index in [1.54, 1.807) is 5.57 Å². The van der Waals surface area contributed by atoms with Crippen LogP contribution in [0.3, 0.4) is 0 Å². The minimum Gasteiger partial charge on any atom is -0.341 e. The summed E-state index contributed by atoms with van der Waals surface area (Å²) in [5, 5.41) is 2.65. The third-order valence-corrected chi connectivity index (χ3v) is 25.3. The van der Waals surface area contributed by atoms with E-state index in [1.165, 1.54) is 155 Å². The zero-order valence-electron chi connectivity index (χ0n) is 65.1. The fourth-order valence-corrected chi connectivity index (χ4v) is 19.4. The normalized spacial score (nSPS) is 23.5. The van der Waals surface area contributed by atoms with Crippen molar-refractivity contribution in [2.24, 2.45) is 35.0 Å². The number of nitrogens with zero attached hydrogens (tertiary/aromatic N) is 4. The number of allylic oxidation sites excluding steroid dienone is 10. The van der Waals surface area contributed by atoms with Crippen molar-refractivity contribution < 1.29 is 0 Å². The second kappa shape index (κ2) is 26.8. The Kier molecular flexibility index (Phi) is 18.4. The van der Waals surface area contributed by atoms with Crippen LogP contribution in [0.15, 0.2) is 199 Å². The molecule has 0 saturated carbocycles. The van der Waals surface area contributed by atoms with Crippen LogP contribution in [0.25, 0.3) is 33.1 Å². The molecule has 0 fully saturated rings. The van der Waals surface area contributed by atoms with Gasteiger partial charge in [-0.2, -0.15) is 0 Å². The lowest BCUT2D eigenvalue weighted by Crippen LogP contribution is -2.65. The number of fused-ring (bicyclic) bond motifs is 8. The molecule has 15 rings (SSSR count). The zero-order valence-corrected chi connectivity index (χ0v) is 65.1. The van der Waals surface area contributed by atoms with Gasteiger partial charge >= 0.3 is 0 Å². The predicted octanol–water partition coefficient (Wildman–Crippen LogP) is 24.5. The molecule has 528 valence electrons. The molecule has 5 aliphatic carbocycles. The summed E-state index contributed by atoms with van der Waals surface area (Å²) in [5.41, 5.74) is 31.9. The van der Waals surface area contributed by atoms with Crippen molar-refractivity contribution in [3.05, 3.63) is 227 Å². The van der Waals surface area contributed by atoms with Crippen LogP contribution in [0.5, 0.6) is 0 Å². The zero-order chi connectivity index (χ0) is 71.5. The molecule has 0 spiro atoms. The Balaban J connectivity index is 1.05. The Morgan fingerprint density at radius 3 is 1.77 bits per heavy atom. The summed E-state index contributed by atoms with van der Waals surface area (Å²) < 4.78 is 2.64. The van der Waals surface area contributed by atoms with Crippen LogP contribution in [-0.2, 0) is 21.7 Å². The van der Waals surface area contributed by atoms with Crippen LogP contribution in [0.2, 0.25) is 0 Å². The van der Waals surface area contributed by atoms with Gasteiger partial charge in [-0.1, -0.05) is 221 Å². The topological polar surface area (TPSA) is 14.7 Å². The average Bonchev–Trinajstić information content (AvgIpc) is 1.02. The van der Waals surface area contributed by atoms with Crippen LogP contribution >= 0.6 is 0 Å². The molecule has 1 aromatic heterocycles. The van der Waals surface area contributed by atoms with Crippen molar-refractivity contribution in [2.45, 2.75) is 241 Å². The summed E-state index contributed by atoms with van der Waals surface area (Å²) in [5.74, 6) is 2.17. The van der Waals surface area contributed by atoms with Crippen molar-refractivity contribution in [1.82, 2.24) is 4.57 Å². The van der Waals surface area contributed by atoms with Crippen molar-refractivity contribution in [3.63, 3.8) is 0 Å². The number of benzene rings is 6. The number of unbranched alkanes of at least 4 members (excludes halogenated alkanes) is 3. The van der Waals surface area contributed by atoms with Gasteiger partial charge in [0.25, 0.3) is 6.71 Å². The van der Waals surface area contributed by atoms with Crippen LogP contribution in [-0.4, -0.2) is 29.9 Å². The minimum atomic E-state index is -0.181. The molecule has 0 radical (unpaired) electrons. The third-order valence-electron chi connectivity index (χ3n) is 25.3. The smallest absolute Gasteiger partial charge is 0.252 e. The number of hydrogen-bond acceptors (Lipinski definition) is 3. The Hall–Kier alpha value is -7.72. The molecule has 0 amide bonds. The van der Waals surface area contributed by atoms with E-state index in [4.69, 9.17) is 6.58 Å². The Morgan fingerprint density at radius 2 is 1.17 bits per heavy atom. The third kappa shape index (κ3) is 12.8. The van der Waals surface area contributed by atoms with Gasteiger partial charge in [0.2, 0.25) is 0 Å². The molecule has 0 saturated heterocycles. The minimum absolute atomic E-state index is 0.0105. The van der Waals surface area contributed by atoms with E-state index in [1.807, 2.05) is 0 Å². The Labute approximate surface area is 615 Å². The molecule has 4 nitrogen and oxygen atoms in total. The second-order valence-corrected chi connectivity index (χ2v) is 37.2. The maximum atomic E-state index is 4.95. The van der Waals surface area contributed by atoms with Gasteiger partial charge in [-0.3, -0.25) is 0 Å². The van der Waals surface area contributed by atoms with E-state index in [-0.39, 0.29) is 45.9 Å². The molecular weight excluding hydrogens is 1230 g/mol. The van der Waals surface area contributed by atoms with Crippen molar-refractivity contribution in [3.8, 4) is 5.69 Å². The fraction of sp³-hybridized carbons (Fsp3) is 0.454. The van der Waals surface area contributed by atoms with Gasteiger partial charge in [0.15, 0.2) is 0 Å². The molecule has 0 bridgehead atoms. The van der Waals surface area contributed by atoms with Gasteiger partial charge < -0.3 is 19.3 Å². The molecule has 7 aromatic rings. The standard InChI is InChI=1S/C97H117BN4/c1-18-19-20-21-23-38-67-39-30-40-75(64-34-26-27-35-64)91(67)101-87-62-74(100-84-51-44-69(94(6,7)8)57-79(84)80-58-70(95(9,10)11)45-52-85(80)100)47-49-82(87)98-81-48-46-73(99-54-53-71(96(12,13)14)55-63(2)78-56-68(93(3,4)5)43-50-83(78)99)61-86(81)102(89-60-72(97(15,16)17)59-88(101)90(89)98)92-76(65-32-24-22-25-33-65)41-31-42-77(92)66-36-28-29-37-66/h22-24,26,28,35-36,38-39,42-52,55-62,64-66,75-76,91-92H,2,18-21,25,29-34,37,40-41,53-54H2,1,3-17H3/b38-23?,71-55+. The van der Waals surface area contributed by atoms with Gasteiger partial charge in [-0.05, 0) is 275 Å². The summed E-state index contributed by atoms with van der Waals surface area (Å²) in [6.45, 7) is 44.0. The van der Waals surface area contributed by atoms with E-state index >= 15 is 0 Å². The van der Waals surface area contributed by atoms with Crippen LogP contribution in [0, 0.1) is 35.0 Å². The molecule has 102 heavy (non-hydrogen) atoms. The highest BCUT2D eigenvalue weighted by molar-refractivity contribution is 7.00. The highest BCUT2D eigenvalue weighted by Gasteiger charge is 2.51. The van der Waals surface area contributed by atoms with E-state index in [2.05, 4.69) is 306 Å². The summed E-state index contributed by atoms with van der Waals surface area (Å²) in [6, 6.07) is 43.5. The fourth-order valence-electron chi connectivity index (χ4n) is 19.4. The van der Waals surface area contributed by atoms with Crippen LogP contribution in [0.1, 0.15) is 235 Å². The SMILES string of the molecule is C=C1/C=C(/C(C)(C)C)CCN(c2ccc3c(c2)N(C2C(C4C=CCC4)=CCCC2C2CC=CCC2)c2cc(C(C)(C)C)cc4c2B3c2ccc(-n3c5ccc(C(C)(C)C)cc5c5cc(C(C)(C)C)ccc53)cc2N4C2C(C=CCCCCC)=CCCC2C2C=C=CC2)c2ccc(C(C)(C)C)cc21. The number of anilines is 6. The molecule has 8 aliphatic rings. The van der Waals surface area contributed by atoms with Gasteiger partial charge in [0.1, 0.15) is 0 Å². The summed E-state index contributed by atoms with van der Waals surface area (Å²) >= 11 is 0. The summed E-state index contributed by atoms with van der Waals surface area (Å²) in [6.07, 6.45) is 45.1. The summed E-state index contributed by atoms with van der Waals surface area (Å²) in [4.78, 5) is 8.77. The first-order chi connectivity index (χ1) is 48.6. The van der Waals surface area contributed by atoms with Crippen LogP contribution < -0.4 is 31.1 Å². The monoisotopic (exact) mass is 1350 g/mol. The lowest BCUT2D eigenvalue weighted by Gasteiger charge is -2.53. The molecule has 3 aliphatic heterocycles. The second-order valence-electron chi connectivity index (χ2n) is 37.2. The predicted molar refractivity (Wildman–Crippen MR) is 444 cm³/mol. The lowest BCUT2D eigenvalue weighted by molar-refractivity contribution is 0.247. The quantitative estimate of drug-likeness (QED) is 0.0524. The first-order valence-electron chi connectivity index (χ1n) is 39.9. The summed E-state index contributed by atoms with van der Waals surface area (Å²) in [7, 11) is 0. The van der Waals surface area contributed by atoms with Gasteiger partial charge in [0.05, 0.1) is 23.1 Å². The van der Waals surface area contributed by atoms with E-state index in [9.17, 15) is 0 Å². The maximum Gasteiger partial charge on any atom is 0.252 e. The van der Waals surface area contributed by atoms with E-state index < -0.39 is 0 Å². The van der Waals surface area contributed by atoms with Gasteiger partial charge in [-0.25, -0.2) is 0 Å². The first kappa shape index (κ1) is 70.0. The average molecular weight is 1350 g/mol. The number of rotatable bonds is 12. The van der Waals surface area contributed by atoms with Crippen molar-refractivity contribution >= 4 is 84.6 Å². The lowest BCUT2D eigenvalue weighted by atomic mass is 9.33. The highest BCUT2D eigenvalue weighted by Crippen LogP contribution is 2.54. The van der Waals surface area contributed by atoms with Gasteiger partial charge in [-0.15, -0.1) is 5.73 Å². The van der Waals surface area contributed by atoms with Crippen molar-refractivity contribution in [1.29, 1.82) is 0 Å². The van der Waals surface area contributed by atoms with E-state index in [0.29, 0.717) is 29.6 Å². The molecular formula is C97H117BN4. The first-order valence-corrected chi connectivity index (χ1v) is 39.9. The highest BCUT2D eigenvalue weighted by atomic mass is 15.2. The Bertz CT molecular complexity index is 4640. The molecule has 0 N–H and O–H groups in total. The maximum absolute atomic E-state index is 4.95. The molecule has 5 heteroatoms. The number of aromatic nitrogens is 1. The van der Waals surface area contributed by atoms with Gasteiger partial charge in [0, 0.05) is 68.6 Å². The van der Waals surface area contributed by atoms with Crippen molar-refractivity contribution in [2.75, 3.05) is 21.2 Å².